The van der Waals surface area contributed by atoms with E-state index in [0.29, 0.717) is 11.7 Å². The first-order valence-electron chi connectivity index (χ1n) is 9.90. The summed E-state index contributed by atoms with van der Waals surface area (Å²) in [6, 6.07) is 0.560. The molecule has 4 fully saturated rings. The average Bonchev–Trinajstić information content (AvgIpc) is 3.52. The largest absolute Gasteiger partial charge is 0.389 e. The zero-order valence-corrected chi connectivity index (χ0v) is 15.8. The van der Waals surface area contributed by atoms with Gasteiger partial charge in [-0.1, -0.05) is 25.9 Å². The second-order valence-electron chi connectivity index (χ2n) is 9.88. The molecule has 1 aromatic heterocycles. The van der Waals surface area contributed by atoms with Gasteiger partial charge in [-0.05, 0) is 25.7 Å². The van der Waals surface area contributed by atoms with E-state index >= 15 is 0 Å². The normalized spacial score (nSPS) is 41.8. The van der Waals surface area contributed by atoms with Crippen LogP contribution in [0.15, 0.2) is 17.7 Å². The van der Waals surface area contributed by atoms with Gasteiger partial charge in [0.05, 0.1) is 12.0 Å². The number of nitrogens with zero attached hydrogens (tertiary/aromatic N) is 4. The van der Waals surface area contributed by atoms with E-state index in [9.17, 15) is 4.79 Å². The number of hydrogen-bond acceptors (Lipinski definition) is 4. The number of hydrogen-bond donors (Lipinski definition) is 0. The summed E-state index contributed by atoms with van der Waals surface area (Å²) in [5.41, 5.74) is 2.02. The van der Waals surface area contributed by atoms with Crippen molar-refractivity contribution in [3.8, 4) is 0 Å². The highest BCUT2D eigenvalue weighted by Gasteiger charge is 2.85. The van der Waals surface area contributed by atoms with Gasteiger partial charge in [0, 0.05) is 48.0 Å². The monoisotopic (exact) mass is 354 g/mol. The topological polar surface area (TPSA) is 59.7 Å². The van der Waals surface area contributed by atoms with E-state index in [2.05, 4.69) is 35.5 Å². The van der Waals surface area contributed by atoms with Gasteiger partial charge in [0.1, 0.15) is 11.3 Å². The fourth-order valence-corrected chi connectivity index (χ4v) is 5.96. The number of aromatic nitrogens is 2. The molecule has 1 unspecified atom stereocenters. The molecule has 1 saturated heterocycles. The number of imidazole rings is 1. The van der Waals surface area contributed by atoms with Crippen molar-refractivity contribution >= 4 is 11.6 Å². The molecule has 0 bridgehead atoms. The first-order valence-corrected chi connectivity index (χ1v) is 9.90. The minimum absolute atomic E-state index is 0.0348. The van der Waals surface area contributed by atoms with Gasteiger partial charge in [-0.15, -0.1) is 0 Å². The maximum atomic E-state index is 13.0. The first kappa shape index (κ1) is 15.2. The lowest BCUT2D eigenvalue weighted by molar-refractivity contribution is 0.0649. The SMILES string of the molecule is CC1(C2=NOC3(CC3)C2)[C@]2(C)CN(C(=O)c3cn(C4CC4)cn3)C[C@]12C. The minimum Gasteiger partial charge on any atom is -0.389 e. The summed E-state index contributed by atoms with van der Waals surface area (Å²) < 4.78 is 2.09. The van der Waals surface area contributed by atoms with Crippen LogP contribution in [0.5, 0.6) is 0 Å². The Morgan fingerprint density at radius 3 is 2.46 bits per heavy atom. The molecule has 138 valence electrons. The summed E-state index contributed by atoms with van der Waals surface area (Å²) in [5, 5.41) is 4.51. The van der Waals surface area contributed by atoms with Crippen LogP contribution in [0.2, 0.25) is 0 Å². The Balaban J connectivity index is 1.23. The number of amides is 1. The lowest BCUT2D eigenvalue weighted by Gasteiger charge is -2.28. The van der Waals surface area contributed by atoms with Crippen molar-refractivity contribution in [1.82, 2.24) is 14.5 Å². The van der Waals surface area contributed by atoms with Crippen molar-refractivity contribution in [2.24, 2.45) is 21.4 Å². The Morgan fingerprint density at radius 2 is 1.88 bits per heavy atom. The van der Waals surface area contributed by atoms with Crippen LogP contribution in [0.1, 0.15) is 69.4 Å². The number of piperidine rings is 1. The number of carbonyl (C=O) groups is 1. The van der Waals surface area contributed by atoms with Crippen LogP contribution < -0.4 is 0 Å². The first-order chi connectivity index (χ1) is 12.3. The van der Waals surface area contributed by atoms with Gasteiger partial charge in [0.15, 0.2) is 0 Å². The quantitative estimate of drug-likeness (QED) is 0.838. The number of fused-ring (bicyclic) bond motifs is 1. The molecule has 1 amide bonds. The molecule has 3 heterocycles. The van der Waals surface area contributed by atoms with Crippen molar-refractivity contribution in [2.75, 3.05) is 13.1 Å². The molecule has 3 aliphatic carbocycles. The predicted molar refractivity (Wildman–Crippen MR) is 95.8 cm³/mol. The molecule has 26 heavy (non-hydrogen) atoms. The van der Waals surface area contributed by atoms with Crippen LogP contribution in [-0.2, 0) is 4.84 Å². The average molecular weight is 354 g/mol. The minimum atomic E-state index is 0.0348. The van der Waals surface area contributed by atoms with E-state index in [-0.39, 0.29) is 27.8 Å². The van der Waals surface area contributed by atoms with E-state index in [4.69, 9.17) is 4.84 Å². The number of likely N-dealkylation sites (tertiary alicyclic amines) is 1. The Hall–Kier alpha value is -1.85. The Kier molecular flexibility index (Phi) is 2.45. The van der Waals surface area contributed by atoms with Gasteiger partial charge in [-0.25, -0.2) is 4.98 Å². The number of oxime groups is 1. The fourth-order valence-electron chi connectivity index (χ4n) is 5.96. The summed E-state index contributed by atoms with van der Waals surface area (Å²) >= 11 is 0. The standard InChI is InChI=1S/C20H26N4O2/c1-17-10-24(16(25)14-9-23(12-21-14)13-4-5-13)11-18(17,2)19(17,3)15-8-20(6-7-20)26-22-15/h9,12-13H,4-8,10-11H2,1-3H3/t17-,18+,19?. The second-order valence-corrected chi connectivity index (χ2v) is 9.88. The van der Waals surface area contributed by atoms with Crippen molar-refractivity contribution < 1.29 is 9.63 Å². The lowest BCUT2D eigenvalue weighted by Crippen LogP contribution is -2.39. The second kappa shape index (κ2) is 4.18. The third kappa shape index (κ3) is 1.58. The molecule has 0 radical (unpaired) electrons. The summed E-state index contributed by atoms with van der Waals surface area (Å²) in [7, 11) is 0. The van der Waals surface area contributed by atoms with E-state index < -0.39 is 0 Å². The molecule has 3 atom stereocenters. The van der Waals surface area contributed by atoms with Crippen LogP contribution in [0, 0.1) is 16.2 Å². The molecule has 1 aromatic rings. The van der Waals surface area contributed by atoms with E-state index in [1.807, 2.05) is 17.4 Å². The number of carbonyl (C=O) groups excluding carboxylic acids is 1. The molecular weight excluding hydrogens is 328 g/mol. The molecule has 3 saturated carbocycles. The third-order valence-electron chi connectivity index (χ3n) is 8.68. The molecule has 6 nitrogen and oxygen atoms in total. The van der Waals surface area contributed by atoms with Gasteiger partial charge >= 0.3 is 0 Å². The third-order valence-corrected chi connectivity index (χ3v) is 8.68. The van der Waals surface area contributed by atoms with Crippen LogP contribution >= 0.6 is 0 Å². The van der Waals surface area contributed by atoms with E-state index in [0.717, 1.165) is 32.4 Å². The summed E-state index contributed by atoms with van der Waals surface area (Å²) in [4.78, 5) is 25.1. The molecule has 2 aliphatic heterocycles. The zero-order valence-electron chi connectivity index (χ0n) is 15.8. The van der Waals surface area contributed by atoms with E-state index in [1.165, 1.54) is 18.6 Å². The van der Waals surface area contributed by atoms with Gasteiger partial charge in [-0.3, -0.25) is 4.79 Å². The van der Waals surface area contributed by atoms with Gasteiger partial charge < -0.3 is 14.3 Å². The molecule has 5 aliphatic rings. The molecule has 6 rings (SSSR count). The highest BCUT2D eigenvalue weighted by molar-refractivity contribution is 5.99. The fraction of sp³-hybridized carbons (Fsp3) is 0.750. The van der Waals surface area contributed by atoms with Crippen molar-refractivity contribution in [3.05, 3.63) is 18.2 Å². The van der Waals surface area contributed by atoms with Crippen LogP contribution in [0.4, 0.5) is 0 Å². The van der Waals surface area contributed by atoms with Gasteiger partial charge in [0.25, 0.3) is 5.91 Å². The van der Waals surface area contributed by atoms with Crippen molar-refractivity contribution in [1.29, 1.82) is 0 Å². The Labute approximate surface area is 153 Å². The van der Waals surface area contributed by atoms with Crippen molar-refractivity contribution in [3.63, 3.8) is 0 Å². The van der Waals surface area contributed by atoms with Gasteiger partial charge in [0.2, 0.25) is 0 Å². The summed E-state index contributed by atoms with van der Waals surface area (Å²) in [5.74, 6) is 0.0738. The van der Waals surface area contributed by atoms with Crippen molar-refractivity contribution in [2.45, 2.75) is 64.5 Å². The Morgan fingerprint density at radius 1 is 1.19 bits per heavy atom. The Bertz CT molecular complexity index is 847. The van der Waals surface area contributed by atoms with Crippen LogP contribution in [-0.4, -0.2) is 44.8 Å². The highest BCUT2D eigenvalue weighted by Crippen LogP contribution is 2.82. The van der Waals surface area contributed by atoms with Crippen LogP contribution in [0.25, 0.3) is 0 Å². The molecule has 0 aromatic carbocycles. The summed E-state index contributed by atoms with van der Waals surface area (Å²) in [6.45, 7) is 8.54. The molecule has 0 N–H and O–H groups in total. The lowest BCUT2D eigenvalue weighted by atomic mass is 9.85. The maximum absolute atomic E-state index is 13.0. The van der Waals surface area contributed by atoms with Gasteiger partial charge in [-0.2, -0.15) is 0 Å². The highest BCUT2D eigenvalue weighted by atomic mass is 16.7. The zero-order chi connectivity index (χ0) is 17.9. The molecule has 6 heteroatoms. The predicted octanol–water partition coefficient (Wildman–Crippen LogP) is 3.02. The van der Waals surface area contributed by atoms with E-state index in [1.54, 1.807) is 0 Å². The maximum Gasteiger partial charge on any atom is 0.274 e. The molecule has 1 spiro atoms. The smallest absolute Gasteiger partial charge is 0.274 e. The van der Waals surface area contributed by atoms with Crippen LogP contribution in [0.3, 0.4) is 0 Å². The summed E-state index contributed by atoms with van der Waals surface area (Å²) in [6.07, 6.45) is 9.40. The molecular formula is C20H26N4O2. The number of rotatable bonds is 3.